The molecule has 1 unspecified atom stereocenters. The molecule has 1 saturated carbocycles. The molecule has 1 aliphatic rings. The summed E-state index contributed by atoms with van der Waals surface area (Å²) in [6.07, 6.45) is 6.32. The van der Waals surface area contributed by atoms with Crippen LogP contribution >= 0.6 is 0 Å². The van der Waals surface area contributed by atoms with Gasteiger partial charge >= 0.3 is 6.03 Å². The molecular formula is C23H28N6O2. The Morgan fingerprint density at radius 3 is 2.48 bits per heavy atom. The number of nitrogens with zero attached hydrogens (tertiary/aromatic N) is 3. The number of rotatable bonds is 6. The van der Waals surface area contributed by atoms with Crippen LogP contribution in [-0.4, -0.2) is 32.6 Å². The highest BCUT2D eigenvalue weighted by Crippen LogP contribution is 2.21. The number of anilines is 1. The van der Waals surface area contributed by atoms with E-state index in [0.29, 0.717) is 17.1 Å². The second-order valence-corrected chi connectivity index (χ2v) is 8.34. The van der Waals surface area contributed by atoms with Gasteiger partial charge < -0.3 is 16.0 Å². The Kier molecular flexibility index (Phi) is 6.16. The molecule has 31 heavy (non-hydrogen) atoms. The van der Waals surface area contributed by atoms with Crippen molar-refractivity contribution in [2.24, 2.45) is 5.92 Å². The second kappa shape index (κ2) is 9.16. The average Bonchev–Trinajstić information content (AvgIpc) is 3.42. The zero-order valence-corrected chi connectivity index (χ0v) is 17.8. The number of hydrogen-bond acceptors (Lipinski definition) is 4. The number of carbonyl (C=O) groups excluding carboxylic acids is 2. The number of benzene rings is 1. The molecule has 0 bridgehead atoms. The van der Waals surface area contributed by atoms with Crippen molar-refractivity contribution < 1.29 is 9.59 Å². The smallest absolute Gasteiger partial charge is 0.319 e. The number of urea groups is 1. The van der Waals surface area contributed by atoms with Crippen LogP contribution in [0, 0.1) is 5.92 Å². The lowest BCUT2D eigenvalue weighted by atomic mass is 10.0. The van der Waals surface area contributed by atoms with Crippen molar-refractivity contribution in [1.82, 2.24) is 25.2 Å². The maximum atomic E-state index is 12.6. The molecule has 1 atom stereocenters. The van der Waals surface area contributed by atoms with Crippen molar-refractivity contribution >= 4 is 23.3 Å². The first kappa shape index (κ1) is 20.8. The lowest BCUT2D eigenvalue weighted by molar-refractivity contribution is 0.0938. The van der Waals surface area contributed by atoms with Crippen LogP contribution in [0.15, 0.2) is 48.7 Å². The Bertz CT molecular complexity index is 1050. The van der Waals surface area contributed by atoms with Crippen LogP contribution in [0.4, 0.5) is 10.5 Å². The Balaban J connectivity index is 1.39. The molecule has 0 aliphatic heterocycles. The molecule has 4 rings (SSSR count). The monoisotopic (exact) mass is 420 g/mol. The molecule has 0 saturated heterocycles. The van der Waals surface area contributed by atoms with Crippen molar-refractivity contribution in [3.05, 3.63) is 60.0 Å². The van der Waals surface area contributed by atoms with Gasteiger partial charge in [0.1, 0.15) is 0 Å². The van der Waals surface area contributed by atoms with Gasteiger partial charge in [-0.2, -0.15) is 0 Å². The van der Waals surface area contributed by atoms with E-state index in [9.17, 15) is 9.59 Å². The normalized spacial score (nSPS) is 15.2. The molecule has 2 aromatic heterocycles. The first-order valence-corrected chi connectivity index (χ1v) is 10.8. The summed E-state index contributed by atoms with van der Waals surface area (Å²) in [5, 5.41) is 17.4. The summed E-state index contributed by atoms with van der Waals surface area (Å²) < 4.78 is 1.88. The number of nitrogens with one attached hydrogen (secondary N) is 3. The number of aromatic nitrogens is 3. The Morgan fingerprint density at radius 2 is 1.77 bits per heavy atom. The highest BCUT2D eigenvalue weighted by Gasteiger charge is 2.24. The molecule has 8 heteroatoms. The molecule has 3 amide bonds. The van der Waals surface area contributed by atoms with E-state index in [4.69, 9.17) is 0 Å². The van der Waals surface area contributed by atoms with Gasteiger partial charge in [-0.05, 0) is 55.2 Å². The topological polar surface area (TPSA) is 100 Å². The lowest BCUT2D eigenvalue weighted by Gasteiger charge is -2.21. The zero-order chi connectivity index (χ0) is 21.8. The first-order valence-electron chi connectivity index (χ1n) is 10.8. The molecule has 162 valence electrons. The van der Waals surface area contributed by atoms with Crippen LogP contribution in [0.3, 0.4) is 0 Å². The van der Waals surface area contributed by atoms with E-state index in [1.807, 2.05) is 42.6 Å². The van der Waals surface area contributed by atoms with E-state index >= 15 is 0 Å². The number of carbonyl (C=O) groups is 2. The number of hydrogen-bond donors (Lipinski definition) is 3. The summed E-state index contributed by atoms with van der Waals surface area (Å²) in [5.74, 6) is 0.723. The third-order valence-electron chi connectivity index (χ3n) is 5.67. The third kappa shape index (κ3) is 4.84. The van der Waals surface area contributed by atoms with Crippen LogP contribution in [0.25, 0.3) is 5.65 Å². The Labute approximate surface area is 181 Å². The molecule has 8 nitrogen and oxygen atoms in total. The minimum absolute atomic E-state index is 0.0681. The average molecular weight is 421 g/mol. The van der Waals surface area contributed by atoms with Gasteiger partial charge in [-0.1, -0.05) is 32.8 Å². The molecule has 3 aromatic rings. The van der Waals surface area contributed by atoms with Gasteiger partial charge in [0.25, 0.3) is 5.91 Å². The van der Waals surface area contributed by atoms with E-state index in [0.717, 1.165) is 18.5 Å². The van der Waals surface area contributed by atoms with Crippen molar-refractivity contribution in [2.45, 2.75) is 51.6 Å². The van der Waals surface area contributed by atoms with E-state index in [1.165, 1.54) is 12.8 Å². The van der Waals surface area contributed by atoms with Gasteiger partial charge in [0, 0.05) is 23.5 Å². The largest absolute Gasteiger partial charge is 0.349 e. The van der Waals surface area contributed by atoms with Crippen LogP contribution < -0.4 is 16.0 Å². The van der Waals surface area contributed by atoms with E-state index < -0.39 is 0 Å². The van der Waals surface area contributed by atoms with E-state index in [2.05, 4.69) is 26.1 Å². The molecule has 0 spiro atoms. The minimum Gasteiger partial charge on any atom is -0.349 e. The predicted molar refractivity (Wildman–Crippen MR) is 119 cm³/mol. The fraction of sp³-hybridized carbons (Fsp3) is 0.391. The third-order valence-corrected chi connectivity index (χ3v) is 5.67. The Hall–Kier alpha value is -3.42. The van der Waals surface area contributed by atoms with Crippen LogP contribution in [-0.2, 0) is 0 Å². The van der Waals surface area contributed by atoms with Crippen LogP contribution in [0.5, 0.6) is 0 Å². The molecule has 2 heterocycles. The summed E-state index contributed by atoms with van der Waals surface area (Å²) in [5.41, 5.74) is 1.94. The number of amides is 3. The maximum Gasteiger partial charge on any atom is 0.319 e. The highest BCUT2D eigenvalue weighted by atomic mass is 16.2. The van der Waals surface area contributed by atoms with Crippen LogP contribution in [0.2, 0.25) is 0 Å². The molecule has 1 aliphatic carbocycles. The molecule has 0 radical (unpaired) electrons. The van der Waals surface area contributed by atoms with Crippen molar-refractivity contribution in [3.63, 3.8) is 0 Å². The van der Waals surface area contributed by atoms with Gasteiger partial charge in [0.15, 0.2) is 11.5 Å². The molecule has 3 N–H and O–H groups in total. The van der Waals surface area contributed by atoms with Gasteiger partial charge in [-0.3, -0.25) is 9.20 Å². The minimum atomic E-state index is -0.338. The van der Waals surface area contributed by atoms with E-state index in [1.54, 1.807) is 24.3 Å². The standard InChI is InChI=1S/C23H28N6O2/c1-15(2)20(21-28-27-19-9-5-6-14-29(19)21)26-23(31)25-18-12-10-16(11-13-18)22(30)24-17-7-3-4-8-17/h5-6,9-15,17,20H,3-4,7-8H2,1-2H3,(H,24,30)(H2,25,26,31). The summed E-state index contributed by atoms with van der Waals surface area (Å²) in [6, 6.07) is 12.2. The zero-order valence-electron chi connectivity index (χ0n) is 17.8. The Morgan fingerprint density at radius 1 is 1.03 bits per heavy atom. The summed E-state index contributed by atoms with van der Waals surface area (Å²) in [4.78, 5) is 25.0. The van der Waals surface area contributed by atoms with Gasteiger partial charge in [0.2, 0.25) is 0 Å². The van der Waals surface area contributed by atoms with Crippen molar-refractivity contribution in [3.8, 4) is 0 Å². The summed E-state index contributed by atoms with van der Waals surface area (Å²) in [6.45, 7) is 4.04. The SMILES string of the molecule is CC(C)C(NC(=O)Nc1ccc(C(=O)NC2CCCC2)cc1)c1nnc2ccccn12. The van der Waals surface area contributed by atoms with Crippen molar-refractivity contribution in [1.29, 1.82) is 0 Å². The van der Waals surface area contributed by atoms with Gasteiger partial charge in [-0.25, -0.2) is 4.79 Å². The molecule has 1 fully saturated rings. The molecule has 1 aromatic carbocycles. The maximum absolute atomic E-state index is 12.6. The lowest BCUT2D eigenvalue weighted by Crippen LogP contribution is -2.36. The first-order chi connectivity index (χ1) is 15.0. The summed E-state index contributed by atoms with van der Waals surface area (Å²) in [7, 11) is 0. The van der Waals surface area contributed by atoms with Crippen LogP contribution in [0.1, 0.15) is 61.8 Å². The fourth-order valence-electron chi connectivity index (χ4n) is 3.95. The predicted octanol–water partition coefficient (Wildman–Crippen LogP) is 3.92. The second-order valence-electron chi connectivity index (χ2n) is 8.34. The highest BCUT2D eigenvalue weighted by molar-refractivity contribution is 5.95. The number of fused-ring (bicyclic) bond motifs is 1. The fourth-order valence-corrected chi connectivity index (χ4v) is 3.95. The van der Waals surface area contributed by atoms with E-state index in [-0.39, 0.29) is 29.9 Å². The van der Waals surface area contributed by atoms with Gasteiger partial charge in [-0.15, -0.1) is 10.2 Å². The molecular weight excluding hydrogens is 392 g/mol. The number of pyridine rings is 1. The van der Waals surface area contributed by atoms with Gasteiger partial charge in [0.05, 0.1) is 6.04 Å². The summed E-state index contributed by atoms with van der Waals surface area (Å²) >= 11 is 0. The van der Waals surface area contributed by atoms with Crippen molar-refractivity contribution in [2.75, 3.05) is 5.32 Å². The quantitative estimate of drug-likeness (QED) is 0.563.